The molecule has 1 saturated heterocycles. The molecule has 0 aromatic heterocycles. The fraction of sp³-hybridized carbons (Fsp3) is 0.529. The van der Waals surface area contributed by atoms with Gasteiger partial charge >= 0.3 is 0 Å². The second-order valence-electron chi connectivity index (χ2n) is 5.56. The highest BCUT2D eigenvalue weighted by Gasteiger charge is 2.32. The van der Waals surface area contributed by atoms with Crippen molar-refractivity contribution >= 4 is 23.6 Å². The Labute approximate surface area is 145 Å². The Bertz CT molecular complexity index is 553. The number of benzene rings is 1. The third kappa shape index (κ3) is 5.79. The van der Waals surface area contributed by atoms with Gasteiger partial charge in [-0.15, -0.1) is 11.8 Å². The zero-order valence-corrected chi connectivity index (χ0v) is 14.5. The van der Waals surface area contributed by atoms with Gasteiger partial charge in [0, 0.05) is 25.5 Å². The number of nitrogens with one attached hydrogen (secondary N) is 2. The minimum Gasteiger partial charge on any atom is -0.382 e. The molecule has 2 rings (SSSR count). The highest BCUT2D eigenvalue weighted by atomic mass is 32.2. The van der Waals surface area contributed by atoms with Crippen molar-refractivity contribution in [3.63, 3.8) is 0 Å². The van der Waals surface area contributed by atoms with Crippen LogP contribution in [0.3, 0.4) is 0 Å². The fourth-order valence-corrected chi connectivity index (χ4v) is 3.56. The molecule has 0 saturated carbocycles. The Morgan fingerprint density at radius 2 is 2.17 bits per heavy atom. The van der Waals surface area contributed by atoms with Gasteiger partial charge in [-0.2, -0.15) is 0 Å². The highest BCUT2D eigenvalue weighted by molar-refractivity contribution is 8.00. The molecular weight excluding hydrogens is 331 g/mol. The number of carbonyl (C=O) groups is 2. The van der Waals surface area contributed by atoms with Crippen LogP contribution in [0.4, 0.5) is 4.39 Å². The van der Waals surface area contributed by atoms with E-state index in [1.165, 1.54) is 23.9 Å². The van der Waals surface area contributed by atoms with Crippen LogP contribution in [0.2, 0.25) is 0 Å². The van der Waals surface area contributed by atoms with Gasteiger partial charge < -0.3 is 15.4 Å². The molecule has 0 bridgehead atoms. The molecule has 5 nitrogen and oxygen atoms in total. The summed E-state index contributed by atoms with van der Waals surface area (Å²) in [6, 6.07) is 5.64. The molecule has 1 fully saturated rings. The normalized spacial score (nSPS) is 20.5. The van der Waals surface area contributed by atoms with Gasteiger partial charge in [-0.05, 0) is 37.5 Å². The van der Waals surface area contributed by atoms with Crippen LogP contribution in [0.25, 0.3) is 0 Å². The molecule has 1 aromatic carbocycles. The van der Waals surface area contributed by atoms with Crippen LogP contribution in [0.5, 0.6) is 0 Å². The van der Waals surface area contributed by atoms with Gasteiger partial charge in [0.05, 0.1) is 5.25 Å². The first-order chi connectivity index (χ1) is 11.6. The van der Waals surface area contributed by atoms with Gasteiger partial charge in [-0.25, -0.2) is 4.39 Å². The van der Waals surface area contributed by atoms with Crippen LogP contribution in [0, 0.1) is 5.82 Å². The number of ether oxygens (including phenoxy) is 1. The molecule has 0 spiro atoms. The second kappa shape index (κ2) is 9.64. The lowest BCUT2D eigenvalue weighted by Crippen LogP contribution is -2.54. The summed E-state index contributed by atoms with van der Waals surface area (Å²) in [5.41, 5.74) is 0.905. The Morgan fingerprint density at radius 1 is 1.42 bits per heavy atom. The van der Waals surface area contributed by atoms with E-state index in [-0.39, 0.29) is 22.9 Å². The summed E-state index contributed by atoms with van der Waals surface area (Å²) in [5, 5.41) is 5.33. The van der Waals surface area contributed by atoms with E-state index in [0.717, 1.165) is 12.0 Å². The average Bonchev–Trinajstić information content (AvgIpc) is 2.58. The molecule has 1 aliphatic rings. The van der Waals surface area contributed by atoms with E-state index in [1.54, 1.807) is 12.1 Å². The number of amides is 2. The number of thioether (sulfide) groups is 1. The smallest absolute Gasteiger partial charge is 0.243 e. The largest absolute Gasteiger partial charge is 0.382 e. The molecule has 24 heavy (non-hydrogen) atoms. The minimum atomic E-state index is -0.501. The first-order valence-corrected chi connectivity index (χ1v) is 9.17. The Kier molecular flexibility index (Phi) is 7.52. The van der Waals surface area contributed by atoms with Crippen molar-refractivity contribution in [3.8, 4) is 0 Å². The molecule has 1 aromatic rings. The van der Waals surface area contributed by atoms with E-state index in [9.17, 15) is 14.0 Å². The summed E-state index contributed by atoms with van der Waals surface area (Å²) >= 11 is 1.46. The maximum atomic E-state index is 12.9. The number of rotatable bonds is 8. The van der Waals surface area contributed by atoms with Crippen molar-refractivity contribution in [1.82, 2.24) is 10.6 Å². The van der Waals surface area contributed by atoms with Crippen LogP contribution >= 0.6 is 11.8 Å². The molecule has 0 aliphatic carbocycles. The van der Waals surface area contributed by atoms with Crippen LogP contribution in [-0.2, 0) is 20.7 Å². The molecule has 2 atom stereocenters. The van der Waals surface area contributed by atoms with Crippen LogP contribution in [0.1, 0.15) is 18.9 Å². The lowest BCUT2D eigenvalue weighted by atomic mass is 10.1. The number of carbonyl (C=O) groups excluding carboxylic acids is 2. The van der Waals surface area contributed by atoms with Gasteiger partial charge in [-0.3, -0.25) is 9.59 Å². The molecule has 1 heterocycles. The summed E-state index contributed by atoms with van der Waals surface area (Å²) in [5.74, 6) is -0.0623. The number of halogens is 1. The summed E-state index contributed by atoms with van der Waals surface area (Å²) in [6.07, 6.45) is 1.28. The van der Waals surface area contributed by atoms with Gasteiger partial charge in [0.1, 0.15) is 11.9 Å². The maximum Gasteiger partial charge on any atom is 0.243 e. The SMILES string of the molecule is CCOCCCNC(=O)[C@H]1CS[C@H](Cc2ccc(F)cc2)C(=O)N1. The Morgan fingerprint density at radius 3 is 2.83 bits per heavy atom. The number of hydrogen-bond acceptors (Lipinski definition) is 4. The van der Waals surface area contributed by atoms with Crippen molar-refractivity contribution < 1.29 is 18.7 Å². The van der Waals surface area contributed by atoms with Gasteiger partial charge in [0.25, 0.3) is 0 Å². The first-order valence-electron chi connectivity index (χ1n) is 8.12. The Balaban J connectivity index is 1.74. The second-order valence-corrected chi connectivity index (χ2v) is 6.79. The molecule has 0 unspecified atom stereocenters. The van der Waals surface area contributed by atoms with E-state index in [2.05, 4.69) is 10.6 Å². The van der Waals surface area contributed by atoms with E-state index in [4.69, 9.17) is 4.74 Å². The van der Waals surface area contributed by atoms with Crippen LogP contribution < -0.4 is 10.6 Å². The molecule has 0 radical (unpaired) electrons. The minimum absolute atomic E-state index is 0.148. The highest BCUT2D eigenvalue weighted by Crippen LogP contribution is 2.22. The maximum absolute atomic E-state index is 12.9. The number of hydrogen-bond donors (Lipinski definition) is 2. The van der Waals surface area contributed by atoms with Crippen molar-refractivity contribution in [2.75, 3.05) is 25.5 Å². The fourth-order valence-electron chi connectivity index (χ4n) is 2.38. The molecule has 1 aliphatic heterocycles. The molecule has 2 N–H and O–H groups in total. The van der Waals surface area contributed by atoms with E-state index < -0.39 is 6.04 Å². The quantitative estimate of drug-likeness (QED) is 0.695. The van der Waals surface area contributed by atoms with E-state index >= 15 is 0 Å². The van der Waals surface area contributed by atoms with Crippen LogP contribution in [-0.4, -0.2) is 48.6 Å². The zero-order valence-electron chi connectivity index (χ0n) is 13.7. The van der Waals surface area contributed by atoms with Gasteiger partial charge in [0.15, 0.2) is 0 Å². The van der Waals surface area contributed by atoms with Crippen molar-refractivity contribution in [2.45, 2.75) is 31.1 Å². The lowest BCUT2D eigenvalue weighted by Gasteiger charge is -2.28. The molecule has 7 heteroatoms. The topological polar surface area (TPSA) is 67.4 Å². The van der Waals surface area contributed by atoms with Crippen molar-refractivity contribution in [2.24, 2.45) is 0 Å². The van der Waals surface area contributed by atoms with E-state index in [1.807, 2.05) is 6.92 Å². The van der Waals surface area contributed by atoms with Crippen molar-refractivity contribution in [3.05, 3.63) is 35.6 Å². The predicted octanol–water partition coefficient (Wildman–Crippen LogP) is 1.51. The summed E-state index contributed by atoms with van der Waals surface area (Å²) < 4.78 is 18.1. The lowest BCUT2D eigenvalue weighted by molar-refractivity contribution is -0.128. The van der Waals surface area contributed by atoms with Gasteiger partial charge in [0.2, 0.25) is 11.8 Å². The average molecular weight is 354 g/mol. The Hall–Kier alpha value is -1.60. The first kappa shape index (κ1) is 18.7. The monoisotopic (exact) mass is 354 g/mol. The predicted molar refractivity (Wildman–Crippen MR) is 92.4 cm³/mol. The molecule has 2 amide bonds. The van der Waals surface area contributed by atoms with Gasteiger partial charge in [-0.1, -0.05) is 12.1 Å². The van der Waals surface area contributed by atoms with Crippen molar-refractivity contribution in [1.29, 1.82) is 0 Å². The third-order valence-corrected chi connectivity index (χ3v) is 5.00. The summed E-state index contributed by atoms with van der Waals surface area (Å²) in [7, 11) is 0. The molecular formula is C17H23FN2O3S. The van der Waals surface area contributed by atoms with Crippen LogP contribution in [0.15, 0.2) is 24.3 Å². The third-order valence-electron chi connectivity index (χ3n) is 3.69. The summed E-state index contributed by atoms with van der Waals surface area (Å²) in [4.78, 5) is 24.2. The summed E-state index contributed by atoms with van der Waals surface area (Å²) in [6.45, 7) is 3.74. The molecule has 132 valence electrons. The van der Waals surface area contributed by atoms with E-state index in [0.29, 0.717) is 31.9 Å². The zero-order chi connectivity index (χ0) is 17.4. The standard InChI is InChI=1S/C17H23FN2O3S/c1-2-23-9-3-8-19-16(21)14-11-24-15(17(22)20-14)10-12-4-6-13(18)7-5-12/h4-7,14-15H,2-3,8-11H2,1H3,(H,19,21)(H,20,22)/t14-,15-/m1/s1.